The molecule has 0 bridgehead atoms. The van der Waals surface area contributed by atoms with Gasteiger partial charge in [0.15, 0.2) is 0 Å². The van der Waals surface area contributed by atoms with E-state index in [1.807, 2.05) is 0 Å². The Kier molecular flexibility index (Phi) is 16.5. The molecule has 4 heteroatoms. The molecule has 0 aliphatic carbocycles. The van der Waals surface area contributed by atoms with E-state index in [9.17, 15) is 0 Å². The molecule has 5 heavy (non-hydrogen) atoms. The van der Waals surface area contributed by atoms with Crippen LogP contribution in [0.5, 0.6) is 0 Å². The van der Waals surface area contributed by atoms with Crippen LogP contribution in [0.2, 0.25) is 0 Å². The quantitative estimate of drug-likeness (QED) is 0.436. The Hall–Kier alpha value is 0.870. The monoisotopic (exact) mass is 200 g/mol. The first-order valence-corrected chi connectivity index (χ1v) is 2.22. The summed E-state index contributed by atoms with van der Waals surface area (Å²) in [7, 11) is 5.38. The third-order valence-corrected chi connectivity index (χ3v) is 0.311. The molecule has 0 atom stereocenters. The Bertz CT molecular complexity index is 41.4. The van der Waals surface area contributed by atoms with Crippen LogP contribution in [0, 0.1) is 10.7 Å². The van der Waals surface area contributed by atoms with Gasteiger partial charge < -0.3 is 0 Å². The summed E-state index contributed by atoms with van der Waals surface area (Å²) in [5, 5.41) is 9.07. The number of thiocyanates is 1. The number of rotatable bonds is 0. The van der Waals surface area contributed by atoms with E-state index in [-0.39, 0.29) is 22.4 Å². The van der Waals surface area contributed by atoms with Crippen LogP contribution in [0.1, 0.15) is 0 Å². The fourth-order valence-corrected chi connectivity index (χ4v) is 0. The zero-order chi connectivity index (χ0) is 3.41. The zero-order valence-corrected chi connectivity index (χ0v) is 5.09. The molecular formula is CAgClNS. The van der Waals surface area contributed by atoms with Gasteiger partial charge in [-0.25, -0.2) is 0 Å². The van der Waals surface area contributed by atoms with E-state index in [4.69, 9.17) is 15.9 Å². The summed E-state index contributed by atoms with van der Waals surface area (Å²) in [5.41, 5.74) is 0. The molecule has 0 aromatic rings. The Morgan fingerprint density at radius 2 is 2.00 bits per heavy atom. The van der Waals surface area contributed by atoms with Crippen LogP contribution in [-0.4, -0.2) is 0 Å². The third kappa shape index (κ3) is 11.5. The Labute approximate surface area is 54.7 Å². The molecule has 0 N–H and O–H groups in total. The second kappa shape index (κ2) is 8.86. The predicted octanol–water partition coefficient (Wildman–Crippen LogP) is 1.35. The van der Waals surface area contributed by atoms with Crippen LogP contribution in [0.15, 0.2) is 0 Å². The SMILES string of the molecule is N#CSCl.[Ag]. The van der Waals surface area contributed by atoms with E-state index in [2.05, 4.69) is 0 Å². The summed E-state index contributed by atoms with van der Waals surface area (Å²) in [5.74, 6) is 0. The van der Waals surface area contributed by atoms with Crippen molar-refractivity contribution in [2.24, 2.45) is 0 Å². The second-order valence-electron chi connectivity index (χ2n) is 0.168. The second-order valence-corrected chi connectivity index (χ2v) is 0.968. The largest absolute Gasteiger partial charge is 0.184 e. The van der Waals surface area contributed by atoms with Gasteiger partial charge in [0.05, 0.1) is 11.0 Å². The Morgan fingerprint density at radius 3 is 2.00 bits per heavy atom. The molecular weight excluding hydrogens is 201 g/mol. The van der Waals surface area contributed by atoms with Gasteiger partial charge >= 0.3 is 0 Å². The summed E-state index contributed by atoms with van der Waals surface area (Å²) in [4.78, 5) is 0. The van der Waals surface area contributed by atoms with Gasteiger partial charge in [0.25, 0.3) is 0 Å². The van der Waals surface area contributed by atoms with Gasteiger partial charge in [0.1, 0.15) is 5.40 Å². The van der Waals surface area contributed by atoms with Crippen LogP contribution in [-0.2, 0) is 22.4 Å². The molecule has 0 heterocycles. The van der Waals surface area contributed by atoms with Crippen LogP contribution in [0.25, 0.3) is 0 Å². The zero-order valence-electron chi connectivity index (χ0n) is 2.03. The molecule has 33 valence electrons. The van der Waals surface area contributed by atoms with E-state index in [0.29, 0.717) is 11.0 Å². The minimum absolute atomic E-state index is 0. The first kappa shape index (κ1) is 9.30. The maximum Gasteiger partial charge on any atom is 0.150 e. The molecule has 1 radical (unpaired) electrons. The minimum atomic E-state index is 0. The van der Waals surface area contributed by atoms with E-state index < -0.39 is 0 Å². The number of hydrogen-bond donors (Lipinski definition) is 0. The number of nitrogens with zero attached hydrogens (tertiary/aromatic N) is 1. The average molecular weight is 201 g/mol. The van der Waals surface area contributed by atoms with Crippen molar-refractivity contribution < 1.29 is 22.4 Å². The summed E-state index contributed by atoms with van der Waals surface area (Å²) in [6.45, 7) is 0. The van der Waals surface area contributed by atoms with Crippen LogP contribution in [0.3, 0.4) is 0 Å². The van der Waals surface area contributed by atoms with Gasteiger partial charge in [-0.05, 0) is 10.7 Å². The average Bonchev–Trinajstić information content (AvgIpc) is 1.37. The summed E-state index contributed by atoms with van der Waals surface area (Å²) in [6, 6.07) is 0. The fourth-order valence-electron chi connectivity index (χ4n) is 0. The first-order chi connectivity index (χ1) is 1.91. The van der Waals surface area contributed by atoms with Crippen molar-refractivity contribution in [3.05, 3.63) is 0 Å². The van der Waals surface area contributed by atoms with Gasteiger partial charge in [0, 0.05) is 22.4 Å². The van der Waals surface area contributed by atoms with Crippen molar-refractivity contribution >= 4 is 21.7 Å². The van der Waals surface area contributed by atoms with E-state index in [0.717, 1.165) is 0 Å². The van der Waals surface area contributed by atoms with Gasteiger partial charge in [-0.3, -0.25) is 0 Å². The number of hydrogen-bond acceptors (Lipinski definition) is 2. The first-order valence-electron chi connectivity index (χ1n) is 0.582. The molecule has 0 saturated carbocycles. The van der Waals surface area contributed by atoms with E-state index >= 15 is 0 Å². The summed E-state index contributed by atoms with van der Waals surface area (Å²) < 4.78 is 0. The summed E-state index contributed by atoms with van der Waals surface area (Å²) >= 11 is 0. The molecule has 0 aromatic heterocycles. The third-order valence-electron chi connectivity index (χ3n) is 0.0345. The van der Waals surface area contributed by atoms with Crippen molar-refractivity contribution in [3.63, 3.8) is 0 Å². The maximum atomic E-state index is 7.46. The van der Waals surface area contributed by atoms with E-state index in [1.165, 1.54) is 0 Å². The maximum absolute atomic E-state index is 7.46. The molecule has 0 aliphatic heterocycles. The van der Waals surface area contributed by atoms with Crippen molar-refractivity contribution in [3.8, 4) is 5.40 Å². The van der Waals surface area contributed by atoms with Gasteiger partial charge in [0.2, 0.25) is 0 Å². The van der Waals surface area contributed by atoms with Crippen molar-refractivity contribution in [2.75, 3.05) is 0 Å². The molecule has 0 saturated heterocycles. The normalized spacial score (nSPS) is 4.00. The molecule has 0 aromatic carbocycles. The fraction of sp³-hybridized carbons (Fsp3) is 0. The molecule has 1 nitrogen and oxygen atoms in total. The van der Waals surface area contributed by atoms with Gasteiger partial charge in [-0.15, -0.1) is 0 Å². The molecule has 0 rings (SSSR count). The van der Waals surface area contributed by atoms with Crippen molar-refractivity contribution in [1.29, 1.82) is 5.26 Å². The summed E-state index contributed by atoms with van der Waals surface area (Å²) in [6.07, 6.45) is 0. The van der Waals surface area contributed by atoms with Gasteiger partial charge in [-0.1, -0.05) is 0 Å². The Morgan fingerprint density at radius 1 is 1.80 bits per heavy atom. The number of halogens is 1. The predicted molar refractivity (Wildman–Crippen MR) is 19.1 cm³/mol. The topological polar surface area (TPSA) is 23.8 Å². The standard InChI is InChI=1S/CClNS.Ag/c2-4-1-3;. The molecule has 0 unspecified atom stereocenters. The number of nitriles is 1. The van der Waals surface area contributed by atoms with Gasteiger partial charge in [-0.2, -0.15) is 5.26 Å². The van der Waals surface area contributed by atoms with Crippen LogP contribution in [0.4, 0.5) is 0 Å². The van der Waals surface area contributed by atoms with Crippen LogP contribution < -0.4 is 0 Å². The van der Waals surface area contributed by atoms with Crippen molar-refractivity contribution in [1.82, 2.24) is 0 Å². The van der Waals surface area contributed by atoms with Crippen molar-refractivity contribution in [2.45, 2.75) is 0 Å². The molecule has 0 amide bonds. The molecule has 0 fully saturated rings. The van der Waals surface area contributed by atoms with E-state index in [1.54, 1.807) is 5.40 Å². The molecule has 0 aliphatic rings. The Balaban J connectivity index is 0. The van der Waals surface area contributed by atoms with Crippen LogP contribution >= 0.6 is 21.7 Å². The minimum Gasteiger partial charge on any atom is -0.184 e. The molecule has 0 spiro atoms. The smallest absolute Gasteiger partial charge is 0.150 e.